The Hall–Kier alpha value is -1.16. The summed E-state index contributed by atoms with van der Waals surface area (Å²) in [5.74, 6) is 5.12. The molecule has 0 aromatic heterocycles. The molecular formula is C9H7B. The van der Waals surface area contributed by atoms with E-state index in [0.717, 1.165) is 5.56 Å². The molecular weight excluding hydrogens is 119 g/mol. The summed E-state index contributed by atoms with van der Waals surface area (Å²) in [7, 11) is 5.04. The smallest absolute Gasteiger partial charge is 0.167 e. The highest BCUT2D eigenvalue weighted by atomic mass is 13.9. The summed E-state index contributed by atoms with van der Waals surface area (Å²) >= 11 is 0. The third-order valence-electron chi connectivity index (χ3n) is 1.27. The lowest BCUT2D eigenvalue weighted by molar-refractivity contribution is 1.46. The molecule has 10 heavy (non-hydrogen) atoms. The molecule has 0 fully saturated rings. The van der Waals surface area contributed by atoms with E-state index >= 15 is 0 Å². The van der Waals surface area contributed by atoms with Gasteiger partial charge in [0, 0.05) is 5.56 Å². The van der Waals surface area contributed by atoms with Crippen LogP contribution < -0.4 is 0 Å². The molecule has 0 unspecified atom stereocenters. The standard InChI is InChI=1S/C9H7B/c1-8-2-4-9(5-3-8)6-7-10/h2-5H,1H3. The molecule has 0 saturated heterocycles. The zero-order valence-electron chi connectivity index (χ0n) is 5.89. The van der Waals surface area contributed by atoms with Gasteiger partial charge in [-0.3, -0.25) is 0 Å². The number of benzene rings is 1. The van der Waals surface area contributed by atoms with Crippen LogP contribution in [0.1, 0.15) is 11.1 Å². The third kappa shape index (κ3) is 1.67. The van der Waals surface area contributed by atoms with Gasteiger partial charge in [-0.15, -0.1) is 0 Å². The van der Waals surface area contributed by atoms with Crippen LogP contribution in [-0.2, 0) is 0 Å². The van der Waals surface area contributed by atoms with Crippen molar-refractivity contribution in [1.82, 2.24) is 0 Å². The molecule has 0 saturated carbocycles. The molecule has 1 heteroatoms. The molecule has 0 spiro atoms. The van der Waals surface area contributed by atoms with Gasteiger partial charge in [-0.25, -0.2) is 0 Å². The van der Waals surface area contributed by atoms with Crippen LogP contribution in [0.3, 0.4) is 0 Å². The average molecular weight is 126 g/mol. The fraction of sp³-hybridized carbons (Fsp3) is 0.111. The molecule has 1 aromatic rings. The van der Waals surface area contributed by atoms with Crippen molar-refractivity contribution in [2.24, 2.45) is 0 Å². The molecule has 2 radical (unpaired) electrons. The first-order valence-electron chi connectivity index (χ1n) is 3.11. The Morgan fingerprint density at radius 1 is 1.20 bits per heavy atom. The van der Waals surface area contributed by atoms with Gasteiger partial charge >= 0.3 is 0 Å². The minimum atomic E-state index is 0.966. The second-order valence-electron chi connectivity index (χ2n) is 2.14. The summed E-state index contributed by atoms with van der Waals surface area (Å²) in [6, 6.07) is 7.93. The van der Waals surface area contributed by atoms with Crippen molar-refractivity contribution in [2.45, 2.75) is 6.92 Å². The van der Waals surface area contributed by atoms with Gasteiger partial charge in [-0.2, -0.15) is 5.82 Å². The highest BCUT2D eigenvalue weighted by Gasteiger charge is 1.83. The average Bonchev–Trinajstić information content (AvgIpc) is 1.95. The van der Waals surface area contributed by atoms with Crippen LogP contribution in [0.5, 0.6) is 0 Å². The Morgan fingerprint density at radius 2 is 1.80 bits per heavy atom. The first-order valence-corrected chi connectivity index (χ1v) is 3.11. The van der Waals surface area contributed by atoms with E-state index in [0.29, 0.717) is 0 Å². The summed E-state index contributed by atoms with van der Waals surface area (Å²) in [5.41, 5.74) is 2.20. The Bertz CT molecular complexity index is 261. The maximum atomic E-state index is 5.04. The summed E-state index contributed by atoms with van der Waals surface area (Å²) in [4.78, 5) is 0. The van der Waals surface area contributed by atoms with Gasteiger partial charge in [-0.05, 0) is 19.1 Å². The molecule has 0 bridgehead atoms. The predicted molar refractivity (Wildman–Crippen MR) is 43.8 cm³/mol. The lowest BCUT2D eigenvalue weighted by Gasteiger charge is -1.90. The van der Waals surface area contributed by atoms with Crippen LogP contribution in [0.25, 0.3) is 0 Å². The van der Waals surface area contributed by atoms with E-state index in [1.54, 1.807) is 0 Å². The van der Waals surface area contributed by atoms with Gasteiger partial charge in [0.2, 0.25) is 0 Å². The van der Waals surface area contributed by atoms with E-state index in [1.165, 1.54) is 5.56 Å². The molecule has 0 aliphatic carbocycles. The third-order valence-corrected chi connectivity index (χ3v) is 1.27. The zero-order valence-corrected chi connectivity index (χ0v) is 5.89. The van der Waals surface area contributed by atoms with E-state index in [9.17, 15) is 0 Å². The van der Waals surface area contributed by atoms with E-state index in [-0.39, 0.29) is 0 Å². The summed E-state index contributed by atoms with van der Waals surface area (Å²) in [5, 5.41) is 0. The minimum absolute atomic E-state index is 0.966. The highest BCUT2D eigenvalue weighted by molar-refractivity contribution is 6.22. The van der Waals surface area contributed by atoms with Gasteiger partial charge < -0.3 is 0 Å². The van der Waals surface area contributed by atoms with Crippen LogP contribution in [-0.4, -0.2) is 7.85 Å². The van der Waals surface area contributed by atoms with Crippen molar-refractivity contribution >= 4 is 7.85 Å². The summed E-state index contributed by atoms with van der Waals surface area (Å²) in [6.07, 6.45) is 0. The molecule has 0 aliphatic rings. The fourth-order valence-corrected chi connectivity index (χ4v) is 0.720. The Labute approximate surface area is 62.7 Å². The molecule has 46 valence electrons. The normalized spacial score (nSPS) is 8.10. The SMILES string of the molecule is [B]C#Cc1ccc(C)cc1. The Kier molecular flexibility index (Phi) is 2.17. The molecule has 0 heterocycles. The molecule has 0 N–H and O–H groups in total. The van der Waals surface area contributed by atoms with E-state index in [1.807, 2.05) is 31.2 Å². The molecule has 1 aromatic carbocycles. The number of rotatable bonds is 0. The molecule has 0 nitrogen and oxygen atoms in total. The van der Waals surface area contributed by atoms with E-state index < -0.39 is 0 Å². The Balaban J connectivity index is 2.97. The monoisotopic (exact) mass is 126 g/mol. The van der Waals surface area contributed by atoms with Crippen LogP contribution >= 0.6 is 0 Å². The topological polar surface area (TPSA) is 0 Å². The van der Waals surface area contributed by atoms with E-state index in [2.05, 4.69) is 11.7 Å². The lowest BCUT2D eigenvalue weighted by atomic mass is 10.1. The summed E-state index contributed by atoms with van der Waals surface area (Å²) < 4.78 is 0. The maximum absolute atomic E-state index is 5.04. The zero-order chi connectivity index (χ0) is 7.40. The van der Waals surface area contributed by atoms with Crippen molar-refractivity contribution in [3.8, 4) is 11.7 Å². The molecule has 1 rings (SSSR count). The highest BCUT2D eigenvalue weighted by Crippen LogP contribution is 2.00. The predicted octanol–water partition coefficient (Wildman–Crippen LogP) is 1.47. The molecule has 0 amide bonds. The van der Waals surface area contributed by atoms with Crippen LogP contribution in [0.15, 0.2) is 24.3 Å². The van der Waals surface area contributed by atoms with Gasteiger partial charge in [0.25, 0.3) is 0 Å². The van der Waals surface area contributed by atoms with Crippen molar-refractivity contribution in [1.29, 1.82) is 0 Å². The van der Waals surface area contributed by atoms with Crippen LogP contribution in [0.2, 0.25) is 0 Å². The van der Waals surface area contributed by atoms with Crippen LogP contribution in [0.4, 0.5) is 0 Å². The van der Waals surface area contributed by atoms with Crippen molar-refractivity contribution in [2.75, 3.05) is 0 Å². The minimum Gasteiger partial charge on any atom is -0.167 e. The summed E-state index contributed by atoms with van der Waals surface area (Å²) in [6.45, 7) is 2.04. The van der Waals surface area contributed by atoms with Crippen molar-refractivity contribution < 1.29 is 0 Å². The molecule has 0 atom stereocenters. The number of hydrogen-bond acceptors (Lipinski definition) is 0. The molecule has 0 aliphatic heterocycles. The Morgan fingerprint density at radius 3 is 2.30 bits per heavy atom. The van der Waals surface area contributed by atoms with Crippen molar-refractivity contribution in [3.05, 3.63) is 35.4 Å². The second kappa shape index (κ2) is 3.13. The van der Waals surface area contributed by atoms with Crippen LogP contribution in [0, 0.1) is 18.7 Å². The van der Waals surface area contributed by atoms with Gasteiger partial charge in [0.05, 0.1) is 0 Å². The quantitative estimate of drug-likeness (QED) is 0.364. The first kappa shape index (κ1) is 6.96. The van der Waals surface area contributed by atoms with Gasteiger partial charge in [0.1, 0.15) is 0 Å². The van der Waals surface area contributed by atoms with Gasteiger partial charge in [-0.1, -0.05) is 23.6 Å². The fourth-order valence-electron chi connectivity index (χ4n) is 0.720. The largest absolute Gasteiger partial charge is 0.188 e. The lowest BCUT2D eigenvalue weighted by Crippen LogP contribution is -1.74. The van der Waals surface area contributed by atoms with E-state index in [4.69, 9.17) is 7.85 Å². The first-order chi connectivity index (χ1) is 4.83. The number of hydrogen-bond donors (Lipinski definition) is 0. The van der Waals surface area contributed by atoms with Gasteiger partial charge in [0.15, 0.2) is 7.85 Å². The van der Waals surface area contributed by atoms with Crippen molar-refractivity contribution in [3.63, 3.8) is 0 Å². The number of aryl methyl sites for hydroxylation is 1. The second-order valence-corrected chi connectivity index (χ2v) is 2.14. The maximum Gasteiger partial charge on any atom is 0.188 e.